The number of hydrogen-bond donors (Lipinski definition) is 1. The number of nitrogens with one attached hydrogen (secondary N) is 1. The summed E-state index contributed by atoms with van der Waals surface area (Å²) in [6, 6.07) is 6.94. The zero-order chi connectivity index (χ0) is 14.0. The van der Waals surface area contributed by atoms with Crippen molar-refractivity contribution in [1.82, 2.24) is 5.16 Å². The zero-order valence-electron chi connectivity index (χ0n) is 9.75. The Labute approximate surface area is 113 Å². The highest BCUT2D eigenvalue weighted by molar-refractivity contribution is 8.13. The van der Waals surface area contributed by atoms with Crippen LogP contribution in [0.4, 0.5) is 5.69 Å². The number of halogens is 1. The highest BCUT2D eigenvalue weighted by atomic mass is 35.7. The van der Waals surface area contributed by atoms with Crippen molar-refractivity contribution in [3.63, 3.8) is 0 Å². The van der Waals surface area contributed by atoms with E-state index < -0.39 is 15.0 Å². The summed E-state index contributed by atoms with van der Waals surface area (Å²) in [7, 11) is 1.41. The van der Waals surface area contributed by atoms with E-state index in [0.717, 1.165) is 0 Å². The van der Waals surface area contributed by atoms with Crippen LogP contribution < -0.4 is 5.32 Å². The summed E-state index contributed by atoms with van der Waals surface area (Å²) in [5.74, 6) is -0.395. The van der Waals surface area contributed by atoms with E-state index in [1.54, 1.807) is 6.92 Å². The highest BCUT2D eigenvalue weighted by Gasteiger charge is 2.13. The number of amides is 1. The van der Waals surface area contributed by atoms with Gasteiger partial charge in [-0.2, -0.15) is 0 Å². The molecule has 100 valence electrons. The average Bonchev–Trinajstić information content (AvgIpc) is 2.75. The molecule has 0 saturated carbocycles. The number of aromatic nitrogens is 1. The van der Waals surface area contributed by atoms with E-state index in [1.165, 1.54) is 30.3 Å². The summed E-state index contributed by atoms with van der Waals surface area (Å²) in [5.41, 5.74) is 1.01. The number of hydrogen-bond acceptors (Lipinski definition) is 5. The predicted octanol–water partition coefficient (Wildman–Crippen LogP) is 2.16. The number of benzene rings is 1. The molecule has 0 fully saturated rings. The molecule has 1 amide bonds. The molecule has 1 heterocycles. The maximum atomic E-state index is 11.7. The fourth-order valence-corrected chi connectivity index (χ4v) is 2.13. The lowest BCUT2D eigenvalue weighted by molar-refractivity contribution is 0.0988. The molecule has 1 aromatic carbocycles. The van der Waals surface area contributed by atoms with Gasteiger partial charge in [0, 0.05) is 22.4 Å². The number of anilines is 1. The van der Waals surface area contributed by atoms with Crippen LogP contribution in [0.5, 0.6) is 0 Å². The molecule has 0 radical (unpaired) electrons. The highest BCUT2D eigenvalue weighted by Crippen LogP contribution is 2.18. The summed E-state index contributed by atoms with van der Waals surface area (Å²) in [6.45, 7) is 1.69. The van der Waals surface area contributed by atoms with Crippen molar-refractivity contribution in [3.05, 3.63) is 41.8 Å². The lowest BCUT2D eigenvalue weighted by Crippen LogP contribution is -2.10. The predicted molar refractivity (Wildman–Crippen MR) is 68.7 cm³/mol. The van der Waals surface area contributed by atoms with Crippen molar-refractivity contribution in [2.75, 3.05) is 5.32 Å². The molecule has 8 heteroatoms. The lowest BCUT2D eigenvalue weighted by atomic mass is 10.3. The van der Waals surface area contributed by atoms with Gasteiger partial charge in [0.2, 0.25) is 5.76 Å². The first-order chi connectivity index (χ1) is 8.86. The van der Waals surface area contributed by atoms with Gasteiger partial charge in [0.1, 0.15) is 0 Å². The van der Waals surface area contributed by atoms with Crippen molar-refractivity contribution in [3.8, 4) is 0 Å². The monoisotopic (exact) mass is 300 g/mol. The molecular weight excluding hydrogens is 292 g/mol. The molecular formula is C11H9ClN2O4S. The molecule has 0 saturated heterocycles. The van der Waals surface area contributed by atoms with Crippen LogP contribution in [0.2, 0.25) is 0 Å². The third-order valence-corrected chi connectivity index (χ3v) is 3.62. The van der Waals surface area contributed by atoms with Crippen molar-refractivity contribution in [2.24, 2.45) is 0 Å². The normalized spacial score (nSPS) is 11.3. The average molecular weight is 301 g/mol. The largest absolute Gasteiger partial charge is 0.351 e. The van der Waals surface area contributed by atoms with E-state index >= 15 is 0 Å². The topological polar surface area (TPSA) is 89.3 Å². The van der Waals surface area contributed by atoms with Gasteiger partial charge in [0.05, 0.1) is 10.6 Å². The minimum absolute atomic E-state index is 0.0392. The summed E-state index contributed by atoms with van der Waals surface area (Å²) in [6.07, 6.45) is 0. The Bertz CT molecular complexity index is 707. The summed E-state index contributed by atoms with van der Waals surface area (Å²) >= 11 is 0. The third kappa shape index (κ3) is 3.33. The van der Waals surface area contributed by atoms with E-state index in [-0.39, 0.29) is 10.7 Å². The van der Waals surface area contributed by atoms with E-state index in [2.05, 4.69) is 10.5 Å². The second-order valence-corrected chi connectivity index (χ2v) is 6.31. The van der Waals surface area contributed by atoms with Gasteiger partial charge in [0.25, 0.3) is 15.0 Å². The van der Waals surface area contributed by atoms with Crippen molar-refractivity contribution < 1.29 is 17.7 Å². The second-order valence-electron chi connectivity index (χ2n) is 3.75. The van der Waals surface area contributed by atoms with Gasteiger partial charge in [-0.25, -0.2) is 8.42 Å². The van der Waals surface area contributed by atoms with Crippen molar-refractivity contribution in [2.45, 2.75) is 11.8 Å². The van der Waals surface area contributed by atoms with Gasteiger partial charge in [0.15, 0.2) is 0 Å². The van der Waals surface area contributed by atoms with E-state index in [1.807, 2.05) is 0 Å². The zero-order valence-corrected chi connectivity index (χ0v) is 11.3. The Kier molecular flexibility index (Phi) is 3.59. The van der Waals surface area contributed by atoms with Gasteiger partial charge in [-0.3, -0.25) is 4.79 Å². The molecule has 19 heavy (non-hydrogen) atoms. The van der Waals surface area contributed by atoms with E-state index in [0.29, 0.717) is 11.4 Å². The number of rotatable bonds is 3. The number of carbonyl (C=O) groups is 1. The fourth-order valence-electron chi connectivity index (χ4n) is 1.36. The quantitative estimate of drug-likeness (QED) is 0.877. The molecule has 0 aliphatic carbocycles. The van der Waals surface area contributed by atoms with Crippen LogP contribution in [-0.2, 0) is 9.05 Å². The van der Waals surface area contributed by atoms with Crippen LogP contribution in [0, 0.1) is 6.92 Å². The Morgan fingerprint density at radius 1 is 1.32 bits per heavy atom. The molecule has 0 aliphatic heterocycles. The molecule has 0 aliphatic rings. The Morgan fingerprint density at radius 2 is 1.95 bits per heavy atom. The van der Waals surface area contributed by atoms with E-state index in [4.69, 9.17) is 15.2 Å². The maximum absolute atomic E-state index is 11.7. The second kappa shape index (κ2) is 5.02. The molecule has 1 aromatic heterocycles. The molecule has 1 N–H and O–H groups in total. The summed E-state index contributed by atoms with van der Waals surface area (Å²) in [5, 5.41) is 6.13. The molecule has 0 bridgehead atoms. The van der Waals surface area contributed by atoms with Gasteiger partial charge >= 0.3 is 0 Å². The van der Waals surface area contributed by atoms with Crippen LogP contribution in [0.15, 0.2) is 39.8 Å². The van der Waals surface area contributed by atoms with Crippen LogP contribution in [-0.4, -0.2) is 19.5 Å². The summed E-state index contributed by atoms with van der Waals surface area (Å²) in [4.78, 5) is 11.7. The Hall–Kier alpha value is -1.86. The lowest BCUT2D eigenvalue weighted by Gasteiger charge is -2.03. The molecule has 0 spiro atoms. The standard InChI is InChI=1S/C11H9ClN2O4S/c1-7-6-10(18-14-7)11(15)13-8-2-4-9(5-3-8)19(12,16)17/h2-6H,1H3,(H,13,15). The van der Waals surface area contributed by atoms with Gasteiger partial charge in [-0.1, -0.05) is 5.16 Å². The minimum atomic E-state index is -3.77. The maximum Gasteiger partial charge on any atom is 0.294 e. The van der Waals surface area contributed by atoms with Crippen molar-refractivity contribution >= 4 is 31.3 Å². The molecule has 2 aromatic rings. The minimum Gasteiger partial charge on any atom is -0.351 e. The fraction of sp³-hybridized carbons (Fsp3) is 0.0909. The van der Waals surface area contributed by atoms with Crippen LogP contribution in [0.25, 0.3) is 0 Å². The first-order valence-corrected chi connectivity index (χ1v) is 7.46. The molecule has 6 nitrogen and oxygen atoms in total. The molecule has 0 unspecified atom stereocenters. The Balaban J connectivity index is 2.14. The SMILES string of the molecule is Cc1cc(C(=O)Nc2ccc(S(=O)(=O)Cl)cc2)on1. The first kappa shape index (κ1) is 13.6. The van der Waals surface area contributed by atoms with Crippen LogP contribution in [0.1, 0.15) is 16.2 Å². The summed E-state index contributed by atoms with van der Waals surface area (Å²) < 4.78 is 26.9. The van der Waals surface area contributed by atoms with Gasteiger partial charge < -0.3 is 9.84 Å². The number of aryl methyl sites for hydroxylation is 1. The van der Waals surface area contributed by atoms with Gasteiger partial charge in [-0.05, 0) is 31.2 Å². The van der Waals surface area contributed by atoms with Gasteiger partial charge in [-0.15, -0.1) is 0 Å². The third-order valence-electron chi connectivity index (χ3n) is 2.25. The number of carbonyl (C=O) groups excluding carboxylic acids is 1. The van der Waals surface area contributed by atoms with E-state index in [9.17, 15) is 13.2 Å². The smallest absolute Gasteiger partial charge is 0.294 e. The first-order valence-electron chi connectivity index (χ1n) is 5.15. The molecule has 0 atom stereocenters. The van der Waals surface area contributed by atoms with Crippen LogP contribution >= 0.6 is 10.7 Å². The Morgan fingerprint density at radius 3 is 2.42 bits per heavy atom. The number of nitrogens with zero attached hydrogens (tertiary/aromatic N) is 1. The molecule has 2 rings (SSSR count). The van der Waals surface area contributed by atoms with Crippen molar-refractivity contribution in [1.29, 1.82) is 0 Å². The van der Waals surface area contributed by atoms with Crippen LogP contribution in [0.3, 0.4) is 0 Å².